The van der Waals surface area contributed by atoms with Crippen molar-refractivity contribution in [2.45, 2.75) is 23.0 Å². The smallest absolute Gasteiger partial charge is 0.147 e. The molecule has 0 atom stereocenters. The molecule has 0 saturated carbocycles. The molecule has 1 heterocycles. The Labute approximate surface area is 175 Å². The summed E-state index contributed by atoms with van der Waals surface area (Å²) in [5, 5.41) is 9.97. The number of anilines is 2. The zero-order valence-electron chi connectivity index (χ0n) is 17.2. The molecule has 29 heavy (non-hydrogen) atoms. The van der Waals surface area contributed by atoms with Gasteiger partial charge in [-0.25, -0.2) is 0 Å². The molecule has 0 saturated heterocycles. The topological polar surface area (TPSA) is 69.6 Å². The third-order valence-electron chi connectivity index (χ3n) is 4.76. The van der Waals surface area contributed by atoms with Gasteiger partial charge in [0.15, 0.2) is 0 Å². The molecule has 1 aliphatic rings. The summed E-state index contributed by atoms with van der Waals surface area (Å²) in [6.07, 6.45) is 0. The second-order valence-corrected chi connectivity index (χ2v) is 7.40. The first-order valence-electron chi connectivity index (χ1n) is 9.22. The van der Waals surface area contributed by atoms with Gasteiger partial charge in [-0.3, -0.25) is 0 Å². The van der Waals surface area contributed by atoms with E-state index >= 15 is 0 Å². The number of benzene rings is 2. The quantitative estimate of drug-likeness (QED) is 0.461. The van der Waals surface area contributed by atoms with Crippen molar-refractivity contribution in [1.82, 2.24) is 0 Å². The van der Waals surface area contributed by atoms with E-state index in [1.165, 1.54) is 0 Å². The summed E-state index contributed by atoms with van der Waals surface area (Å²) in [7, 11) is 6.90. The van der Waals surface area contributed by atoms with Gasteiger partial charge in [-0.1, -0.05) is 11.8 Å². The van der Waals surface area contributed by atoms with Crippen LogP contribution in [0.25, 0.3) is 0 Å². The first-order valence-corrected chi connectivity index (χ1v) is 10.0. The van der Waals surface area contributed by atoms with E-state index in [4.69, 9.17) is 23.7 Å². The van der Waals surface area contributed by atoms with Crippen molar-refractivity contribution in [3.8, 4) is 11.5 Å². The molecule has 1 aliphatic heterocycles. The molecule has 0 amide bonds. The molecule has 0 bridgehead atoms. The Morgan fingerprint density at radius 3 is 2.07 bits per heavy atom. The first kappa shape index (κ1) is 21.7. The van der Waals surface area contributed by atoms with Gasteiger partial charge >= 0.3 is 0 Å². The molecule has 1 N–H and O–H groups in total. The second-order valence-electron chi connectivity index (χ2n) is 6.38. The highest BCUT2D eigenvalue weighted by Crippen LogP contribution is 2.53. The van der Waals surface area contributed by atoms with Crippen molar-refractivity contribution >= 4 is 23.1 Å². The number of fused-ring (bicyclic) bond motifs is 2. The van der Waals surface area contributed by atoms with Crippen LogP contribution in [0, 0.1) is 0 Å². The summed E-state index contributed by atoms with van der Waals surface area (Å²) in [5.41, 5.74) is 3.78. The average molecular weight is 422 g/mol. The van der Waals surface area contributed by atoms with E-state index in [-0.39, 0.29) is 13.4 Å². The molecule has 158 valence electrons. The lowest BCUT2D eigenvalue weighted by Crippen LogP contribution is -2.17. The van der Waals surface area contributed by atoms with E-state index in [1.807, 2.05) is 31.3 Å². The maximum atomic E-state index is 9.97. The van der Waals surface area contributed by atoms with Gasteiger partial charge in [0.2, 0.25) is 0 Å². The Bertz CT molecular complexity index is 844. The molecule has 2 aromatic carbocycles. The van der Waals surface area contributed by atoms with Crippen molar-refractivity contribution in [3.05, 3.63) is 35.4 Å². The van der Waals surface area contributed by atoms with Gasteiger partial charge in [-0.05, 0) is 24.3 Å². The van der Waals surface area contributed by atoms with Crippen LogP contribution >= 0.6 is 11.8 Å². The SMILES string of the molecule is COCCOCOCc1c(OC)ccc2c1Sc1c(ccc(OC)c1CO)N2C. The van der Waals surface area contributed by atoms with Gasteiger partial charge < -0.3 is 33.7 Å². The second kappa shape index (κ2) is 10.2. The van der Waals surface area contributed by atoms with E-state index in [0.29, 0.717) is 25.6 Å². The molecule has 0 fully saturated rings. The molecule has 0 spiro atoms. The first-order chi connectivity index (χ1) is 14.2. The number of rotatable bonds is 10. The minimum absolute atomic E-state index is 0.105. The normalized spacial score (nSPS) is 12.5. The highest BCUT2D eigenvalue weighted by molar-refractivity contribution is 7.99. The summed E-state index contributed by atoms with van der Waals surface area (Å²) >= 11 is 1.59. The van der Waals surface area contributed by atoms with Gasteiger partial charge in [0.1, 0.15) is 18.3 Å². The average Bonchev–Trinajstić information content (AvgIpc) is 2.75. The fourth-order valence-electron chi connectivity index (χ4n) is 3.26. The standard InChI is InChI=1S/C21H27NO6S/c1-22-16-5-7-18(25-3)14(11-23)20(16)29-21-15(12-28-13-27-10-9-24-2)19(26-4)8-6-17(21)22/h5-8,23H,9-13H2,1-4H3. The Kier molecular flexibility index (Phi) is 7.63. The van der Waals surface area contributed by atoms with Gasteiger partial charge in [-0.2, -0.15) is 0 Å². The van der Waals surface area contributed by atoms with Crippen LogP contribution in [0.15, 0.2) is 34.1 Å². The Morgan fingerprint density at radius 2 is 1.48 bits per heavy atom. The summed E-state index contributed by atoms with van der Waals surface area (Å²) in [6, 6.07) is 7.87. The van der Waals surface area contributed by atoms with Gasteiger partial charge in [0.25, 0.3) is 0 Å². The van der Waals surface area contributed by atoms with Crippen molar-refractivity contribution in [2.24, 2.45) is 0 Å². The summed E-state index contributed by atoms with van der Waals surface area (Å²) in [4.78, 5) is 4.10. The molecule has 3 rings (SSSR count). The number of aliphatic hydroxyl groups is 1. The van der Waals surface area contributed by atoms with E-state index in [2.05, 4.69) is 4.90 Å². The lowest BCUT2D eigenvalue weighted by Gasteiger charge is -2.33. The van der Waals surface area contributed by atoms with Crippen molar-refractivity contribution < 1.29 is 28.8 Å². The van der Waals surface area contributed by atoms with Crippen LogP contribution in [0.2, 0.25) is 0 Å². The van der Waals surface area contributed by atoms with E-state index < -0.39 is 0 Å². The number of nitrogens with zero attached hydrogens (tertiary/aromatic N) is 1. The number of hydrogen-bond acceptors (Lipinski definition) is 8. The summed E-state index contributed by atoms with van der Waals surface area (Å²) in [6.45, 7) is 1.41. The number of ether oxygens (including phenoxy) is 5. The van der Waals surface area contributed by atoms with Gasteiger partial charge in [-0.15, -0.1) is 0 Å². The van der Waals surface area contributed by atoms with E-state index in [9.17, 15) is 5.11 Å². The van der Waals surface area contributed by atoms with Crippen LogP contribution < -0.4 is 14.4 Å². The highest BCUT2D eigenvalue weighted by atomic mass is 32.2. The predicted octanol–water partition coefficient (Wildman–Crippen LogP) is 3.57. The molecule has 0 unspecified atom stereocenters. The Hall–Kier alpha value is -1.97. The fraction of sp³-hybridized carbons (Fsp3) is 0.429. The number of methoxy groups -OCH3 is 3. The third-order valence-corrected chi connectivity index (χ3v) is 6.08. The third kappa shape index (κ3) is 4.46. The lowest BCUT2D eigenvalue weighted by molar-refractivity contribution is -0.0732. The minimum Gasteiger partial charge on any atom is -0.496 e. The maximum Gasteiger partial charge on any atom is 0.147 e. The van der Waals surface area contributed by atoms with Crippen LogP contribution in [-0.4, -0.2) is 53.5 Å². The van der Waals surface area contributed by atoms with Crippen LogP contribution in [0.1, 0.15) is 11.1 Å². The summed E-state index contributed by atoms with van der Waals surface area (Å²) < 4.78 is 27.1. The largest absolute Gasteiger partial charge is 0.496 e. The van der Waals surface area contributed by atoms with Crippen LogP contribution in [0.4, 0.5) is 11.4 Å². The zero-order chi connectivity index (χ0) is 20.8. The number of hydrogen-bond donors (Lipinski definition) is 1. The molecular formula is C21H27NO6S. The van der Waals surface area contributed by atoms with Crippen LogP contribution in [0.3, 0.4) is 0 Å². The molecule has 0 radical (unpaired) electrons. The fourth-order valence-corrected chi connectivity index (χ4v) is 4.65. The molecule has 2 aromatic rings. The van der Waals surface area contributed by atoms with E-state index in [1.54, 1.807) is 33.1 Å². The van der Waals surface area contributed by atoms with Crippen LogP contribution in [-0.2, 0) is 27.4 Å². The Morgan fingerprint density at radius 1 is 0.862 bits per heavy atom. The van der Waals surface area contributed by atoms with Gasteiger partial charge in [0.05, 0.1) is 52.0 Å². The molecule has 7 nitrogen and oxygen atoms in total. The summed E-state index contributed by atoms with van der Waals surface area (Å²) in [5.74, 6) is 1.42. The predicted molar refractivity (Wildman–Crippen MR) is 112 cm³/mol. The highest BCUT2D eigenvalue weighted by Gasteiger charge is 2.28. The van der Waals surface area contributed by atoms with Crippen molar-refractivity contribution in [1.29, 1.82) is 0 Å². The van der Waals surface area contributed by atoms with Crippen molar-refractivity contribution in [2.75, 3.05) is 53.3 Å². The van der Waals surface area contributed by atoms with E-state index in [0.717, 1.165) is 38.0 Å². The lowest BCUT2D eigenvalue weighted by atomic mass is 10.1. The minimum atomic E-state index is -0.105. The molecule has 0 aliphatic carbocycles. The zero-order valence-corrected chi connectivity index (χ0v) is 18.0. The van der Waals surface area contributed by atoms with Crippen LogP contribution in [0.5, 0.6) is 11.5 Å². The van der Waals surface area contributed by atoms with Crippen molar-refractivity contribution in [3.63, 3.8) is 0 Å². The number of aliphatic hydroxyl groups excluding tert-OH is 1. The molecular weight excluding hydrogens is 394 g/mol. The molecule has 8 heteroatoms. The monoisotopic (exact) mass is 421 g/mol. The molecule has 0 aromatic heterocycles. The maximum absolute atomic E-state index is 9.97. The Balaban J connectivity index is 1.92. The van der Waals surface area contributed by atoms with Gasteiger partial charge in [0, 0.05) is 35.1 Å².